The summed E-state index contributed by atoms with van der Waals surface area (Å²) in [5, 5.41) is 3.28. The van der Waals surface area contributed by atoms with E-state index in [1.807, 2.05) is 30.3 Å². The zero-order valence-corrected chi connectivity index (χ0v) is 8.40. The van der Waals surface area contributed by atoms with E-state index in [1.54, 1.807) is 6.20 Å². The maximum atomic E-state index is 5.57. The smallest absolute Gasteiger partial charge is 0.272 e. The fourth-order valence-electron chi connectivity index (χ4n) is 1.34. The molecule has 0 radical (unpaired) electrons. The molecule has 3 heteroatoms. The standard InChI is InChI=1S/C12H13N3/c13-11-6-7-12(15-9-11)14-8-10-4-2-1-3-5-10/h1-7,9H,8,13H2,(H,14,15)/p+1. The maximum Gasteiger partial charge on any atom is 0.272 e. The van der Waals surface area contributed by atoms with Crippen LogP contribution in [-0.4, -0.2) is 0 Å². The van der Waals surface area contributed by atoms with Crippen LogP contribution >= 0.6 is 0 Å². The Morgan fingerprint density at radius 1 is 1.07 bits per heavy atom. The Balaban J connectivity index is 1.96. The van der Waals surface area contributed by atoms with Gasteiger partial charge in [-0.1, -0.05) is 30.3 Å². The van der Waals surface area contributed by atoms with E-state index in [2.05, 4.69) is 22.4 Å². The van der Waals surface area contributed by atoms with Crippen LogP contribution in [0, 0.1) is 0 Å². The molecule has 0 bridgehead atoms. The lowest BCUT2D eigenvalue weighted by molar-refractivity contribution is -0.360. The minimum Gasteiger partial charge on any atom is -0.396 e. The summed E-state index contributed by atoms with van der Waals surface area (Å²) in [5.74, 6) is 0.966. The molecule has 2 rings (SSSR count). The predicted molar refractivity (Wildman–Crippen MR) is 61.2 cm³/mol. The number of pyridine rings is 1. The topological polar surface area (TPSA) is 52.2 Å². The molecule has 1 aromatic carbocycles. The Bertz CT molecular complexity index is 409. The predicted octanol–water partition coefficient (Wildman–Crippen LogP) is 1.70. The molecule has 3 nitrogen and oxygen atoms in total. The first-order chi connectivity index (χ1) is 7.34. The summed E-state index contributed by atoms with van der Waals surface area (Å²) < 4.78 is 0. The van der Waals surface area contributed by atoms with E-state index >= 15 is 0 Å². The van der Waals surface area contributed by atoms with Gasteiger partial charge in [0.15, 0.2) is 0 Å². The minimum absolute atomic E-state index is 0.736. The van der Waals surface area contributed by atoms with Crippen molar-refractivity contribution in [1.29, 1.82) is 0 Å². The van der Waals surface area contributed by atoms with Crippen molar-refractivity contribution in [2.24, 2.45) is 0 Å². The van der Waals surface area contributed by atoms with Crippen LogP contribution in [0.15, 0.2) is 48.7 Å². The number of nitrogen functional groups attached to an aromatic ring is 1. The van der Waals surface area contributed by atoms with Crippen molar-refractivity contribution in [2.75, 3.05) is 11.1 Å². The number of aromatic amines is 1. The minimum atomic E-state index is 0.736. The van der Waals surface area contributed by atoms with Crippen LogP contribution in [0.2, 0.25) is 0 Å². The Morgan fingerprint density at radius 3 is 2.53 bits per heavy atom. The average molecular weight is 200 g/mol. The van der Waals surface area contributed by atoms with Gasteiger partial charge in [0, 0.05) is 6.07 Å². The third-order valence-corrected chi connectivity index (χ3v) is 2.16. The number of rotatable bonds is 3. The molecule has 0 fully saturated rings. The molecule has 0 aliphatic carbocycles. The van der Waals surface area contributed by atoms with E-state index in [4.69, 9.17) is 5.73 Å². The highest BCUT2D eigenvalue weighted by molar-refractivity contribution is 5.39. The third kappa shape index (κ3) is 2.71. The molecule has 0 aliphatic rings. The molecule has 0 unspecified atom stereocenters. The van der Waals surface area contributed by atoms with Gasteiger partial charge in [-0.3, -0.25) is 5.32 Å². The Kier molecular flexibility index (Phi) is 2.83. The van der Waals surface area contributed by atoms with Crippen LogP contribution < -0.4 is 16.0 Å². The van der Waals surface area contributed by atoms with Crippen molar-refractivity contribution >= 4 is 11.5 Å². The largest absolute Gasteiger partial charge is 0.396 e. The number of aromatic nitrogens is 1. The van der Waals surface area contributed by atoms with Gasteiger partial charge in [0.1, 0.15) is 12.7 Å². The number of nitrogens with two attached hydrogens (primary N) is 1. The van der Waals surface area contributed by atoms with Gasteiger partial charge >= 0.3 is 0 Å². The Morgan fingerprint density at radius 2 is 1.87 bits per heavy atom. The van der Waals surface area contributed by atoms with Crippen molar-refractivity contribution in [3.05, 3.63) is 54.2 Å². The highest BCUT2D eigenvalue weighted by atomic mass is 15.0. The van der Waals surface area contributed by atoms with Gasteiger partial charge in [-0.2, -0.15) is 0 Å². The van der Waals surface area contributed by atoms with Gasteiger partial charge in [-0.25, -0.2) is 4.98 Å². The normalized spacial score (nSPS) is 9.87. The zero-order chi connectivity index (χ0) is 10.5. The summed E-state index contributed by atoms with van der Waals surface area (Å²) >= 11 is 0. The molecule has 0 spiro atoms. The first-order valence-corrected chi connectivity index (χ1v) is 4.89. The maximum absolute atomic E-state index is 5.57. The monoisotopic (exact) mass is 200 g/mol. The van der Waals surface area contributed by atoms with E-state index in [9.17, 15) is 0 Å². The lowest BCUT2D eigenvalue weighted by atomic mass is 10.2. The number of anilines is 2. The average Bonchev–Trinajstić information content (AvgIpc) is 2.30. The highest BCUT2D eigenvalue weighted by Crippen LogP contribution is 2.04. The fourth-order valence-corrected chi connectivity index (χ4v) is 1.34. The van der Waals surface area contributed by atoms with E-state index < -0.39 is 0 Å². The Labute approximate surface area is 89.0 Å². The van der Waals surface area contributed by atoms with E-state index in [-0.39, 0.29) is 0 Å². The first kappa shape index (κ1) is 9.52. The van der Waals surface area contributed by atoms with Gasteiger partial charge in [0.05, 0.1) is 5.69 Å². The molecule has 15 heavy (non-hydrogen) atoms. The lowest BCUT2D eigenvalue weighted by Gasteiger charge is -1.99. The summed E-state index contributed by atoms with van der Waals surface area (Å²) in [6.45, 7) is 0.807. The SMILES string of the molecule is Nc1ccc(NCc2ccccc2)[nH+]c1. The first-order valence-electron chi connectivity index (χ1n) is 4.89. The number of hydrogen-bond donors (Lipinski definition) is 2. The summed E-state index contributed by atoms with van der Waals surface area (Å²) in [6.07, 6.45) is 1.77. The molecule has 76 valence electrons. The zero-order valence-electron chi connectivity index (χ0n) is 8.40. The van der Waals surface area contributed by atoms with Crippen molar-refractivity contribution in [2.45, 2.75) is 6.54 Å². The highest BCUT2D eigenvalue weighted by Gasteiger charge is 1.99. The summed E-state index contributed by atoms with van der Waals surface area (Å²) in [4.78, 5) is 3.07. The second-order valence-corrected chi connectivity index (χ2v) is 3.37. The molecule has 0 saturated heterocycles. The summed E-state index contributed by atoms with van der Waals surface area (Å²) in [5.41, 5.74) is 7.56. The van der Waals surface area contributed by atoms with E-state index in [0.29, 0.717) is 0 Å². The van der Waals surface area contributed by atoms with Crippen LogP contribution in [0.4, 0.5) is 11.5 Å². The molecule has 0 saturated carbocycles. The Hall–Kier alpha value is -2.03. The van der Waals surface area contributed by atoms with Crippen LogP contribution in [0.5, 0.6) is 0 Å². The number of hydrogen-bond acceptors (Lipinski definition) is 2. The second-order valence-electron chi connectivity index (χ2n) is 3.37. The molecule has 0 atom stereocenters. The van der Waals surface area contributed by atoms with Crippen LogP contribution in [0.25, 0.3) is 0 Å². The number of H-pyrrole nitrogens is 1. The quantitative estimate of drug-likeness (QED) is 0.792. The van der Waals surface area contributed by atoms with Gasteiger partial charge in [0.2, 0.25) is 0 Å². The van der Waals surface area contributed by atoms with Crippen LogP contribution in [-0.2, 0) is 6.54 Å². The van der Waals surface area contributed by atoms with Gasteiger partial charge in [0.25, 0.3) is 5.82 Å². The molecule has 1 heterocycles. The molecule has 0 amide bonds. The molecule has 2 aromatic rings. The molecule has 4 N–H and O–H groups in total. The van der Waals surface area contributed by atoms with Crippen molar-refractivity contribution in [3.63, 3.8) is 0 Å². The molecular formula is C12H14N3+. The molecular weight excluding hydrogens is 186 g/mol. The molecule has 0 aliphatic heterocycles. The summed E-state index contributed by atoms with van der Waals surface area (Å²) in [7, 11) is 0. The fraction of sp³-hybridized carbons (Fsp3) is 0.0833. The summed E-state index contributed by atoms with van der Waals surface area (Å²) in [6, 6.07) is 14.0. The van der Waals surface area contributed by atoms with Crippen molar-refractivity contribution < 1.29 is 4.98 Å². The van der Waals surface area contributed by atoms with Crippen LogP contribution in [0.3, 0.4) is 0 Å². The second kappa shape index (κ2) is 4.46. The van der Waals surface area contributed by atoms with Crippen LogP contribution in [0.1, 0.15) is 5.56 Å². The van der Waals surface area contributed by atoms with E-state index in [0.717, 1.165) is 18.1 Å². The molecule has 1 aromatic heterocycles. The van der Waals surface area contributed by atoms with E-state index in [1.165, 1.54) is 5.56 Å². The van der Waals surface area contributed by atoms with Crippen molar-refractivity contribution in [1.82, 2.24) is 0 Å². The van der Waals surface area contributed by atoms with Gasteiger partial charge < -0.3 is 5.73 Å². The number of nitrogens with one attached hydrogen (secondary N) is 2. The third-order valence-electron chi connectivity index (χ3n) is 2.16. The lowest BCUT2D eigenvalue weighted by Crippen LogP contribution is -2.12. The van der Waals surface area contributed by atoms with Crippen molar-refractivity contribution in [3.8, 4) is 0 Å². The van der Waals surface area contributed by atoms with Gasteiger partial charge in [-0.15, -0.1) is 0 Å². The van der Waals surface area contributed by atoms with Gasteiger partial charge in [-0.05, 0) is 11.6 Å². The number of benzene rings is 1.